The molecule has 0 unspecified atom stereocenters. The van der Waals surface area contributed by atoms with E-state index < -0.39 is 0 Å². The van der Waals surface area contributed by atoms with E-state index in [0.717, 1.165) is 10.6 Å². The molecule has 5 heteroatoms. The van der Waals surface area contributed by atoms with Crippen molar-refractivity contribution in [3.8, 4) is 5.75 Å². The molecule has 0 saturated heterocycles. The van der Waals surface area contributed by atoms with E-state index in [2.05, 4.69) is 31.0 Å². The van der Waals surface area contributed by atoms with Crippen molar-refractivity contribution in [2.45, 2.75) is 33.3 Å². The molecule has 3 aromatic rings. The van der Waals surface area contributed by atoms with E-state index in [1.165, 1.54) is 23.0 Å². The molecule has 4 nitrogen and oxygen atoms in total. The van der Waals surface area contributed by atoms with Gasteiger partial charge >= 0.3 is 0 Å². The van der Waals surface area contributed by atoms with Gasteiger partial charge in [0, 0.05) is 17.1 Å². The zero-order valence-electron chi connectivity index (χ0n) is 12.9. The molecule has 0 N–H and O–H groups in total. The highest BCUT2D eigenvalue weighted by atomic mass is 32.1. The number of aryl methyl sites for hydroxylation is 1. The molecule has 0 radical (unpaired) electrons. The standard InChI is InChI=1S/C17H18N2O2S/c1-11(2)13-4-6-15(7-5-13)21-10-14-8-16(20)19-9-12(3)22-17(19)18-14/h4-9,11H,10H2,1-3H3. The Morgan fingerprint density at radius 1 is 1.27 bits per heavy atom. The number of fused-ring (bicyclic) bond motifs is 1. The van der Waals surface area contributed by atoms with Crippen LogP contribution in [0.15, 0.2) is 41.3 Å². The molecule has 2 aromatic heterocycles. The minimum Gasteiger partial charge on any atom is -0.487 e. The zero-order chi connectivity index (χ0) is 15.7. The summed E-state index contributed by atoms with van der Waals surface area (Å²) in [5, 5.41) is 0. The Hall–Kier alpha value is -2.14. The van der Waals surface area contributed by atoms with Gasteiger partial charge in [-0.15, -0.1) is 11.3 Å². The molecule has 1 aromatic carbocycles. The number of aromatic nitrogens is 2. The third kappa shape index (κ3) is 3.04. The first kappa shape index (κ1) is 14.8. The fraction of sp³-hybridized carbons (Fsp3) is 0.294. The number of nitrogens with zero attached hydrogens (tertiary/aromatic N) is 2. The van der Waals surface area contributed by atoms with Crippen LogP contribution < -0.4 is 10.3 Å². The molecule has 114 valence electrons. The summed E-state index contributed by atoms with van der Waals surface area (Å²) in [5.74, 6) is 1.29. The predicted molar refractivity (Wildman–Crippen MR) is 88.9 cm³/mol. The Morgan fingerprint density at radius 2 is 2.00 bits per heavy atom. The van der Waals surface area contributed by atoms with Crippen LogP contribution in [0, 0.1) is 6.92 Å². The van der Waals surface area contributed by atoms with Crippen molar-refractivity contribution >= 4 is 16.3 Å². The second kappa shape index (κ2) is 5.93. The van der Waals surface area contributed by atoms with E-state index in [1.807, 2.05) is 25.3 Å². The van der Waals surface area contributed by atoms with E-state index in [4.69, 9.17) is 4.74 Å². The average molecular weight is 314 g/mol. The quantitative estimate of drug-likeness (QED) is 0.736. The maximum atomic E-state index is 12.0. The Morgan fingerprint density at radius 3 is 2.68 bits per heavy atom. The first-order valence-electron chi connectivity index (χ1n) is 7.24. The van der Waals surface area contributed by atoms with Crippen LogP contribution in [0.3, 0.4) is 0 Å². The van der Waals surface area contributed by atoms with Crippen LogP contribution in [0.5, 0.6) is 5.75 Å². The summed E-state index contributed by atoms with van der Waals surface area (Å²) >= 11 is 1.50. The number of hydrogen-bond acceptors (Lipinski definition) is 4. The predicted octanol–water partition coefficient (Wildman–Crippen LogP) is 3.77. The SMILES string of the molecule is Cc1cn2c(=O)cc(COc3ccc(C(C)C)cc3)nc2s1. The molecule has 0 saturated carbocycles. The molecular formula is C17H18N2O2S. The van der Waals surface area contributed by atoms with E-state index in [0.29, 0.717) is 23.2 Å². The van der Waals surface area contributed by atoms with E-state index >= 15 is 0 Å². The molecule has 0 atom stereocenters. The second-order valence-corrected chi connectivity index (χ2v) is 6.81. The van der Waals surface area contributed by atoms with Gasteiger partial charge in [0.05, 0.1) is 5.69 Å². The molecule has 0 aliphatic heterocycles. The number of thiazole rings is 1. The Labute approximate surface area is 133 Å². The maximum absolute atomic E-state index is 12.0. The summed E-state index contributed by atoms with van der Waals surface area (Å²) in [5.41, 5.74) is 1.86. The summed E-state index contributed by atoms with van der Waals surface area (Å²) in [7, 11) is 0. The lowest BCUT2D eigenvalue weighted by atomic mass is 10.0. The lowest BCUT2D eigenvalue weighted by molar-refractivity contribution is 0.301. The van der Waals surface area contributed by atoms with Crippen LogP contribution in [0.25, 0.3) is 4.96 Å². The van der Waals surface area contributed by atoms with E-state index in [1.54, 1.807) is 4.40 Å². The summed E-state index contributed by atoms with van der Waals surface area (Å²) in [6.07, 6.45) is 1.81. The molecule has 0 fully saturated rings. The minimum absolute atomic E-state index is 0.0666. The number of benzene rings is 1. The van der Waals surface area contributed by atoms with Crippen molar-refractivity contribution in [3.05, 3.63) is 63.0 Å². The molecule has 0 bridgehead atoms. The topological polar surface area (TPSA) is 43.6 Å². The highest BCUT2D eigenvalue weighted by Gasteiger charge is 2.06. The highest BCUT2D eigenvalue weighted by Crippen LogP contribution is 2.19. The highest BCUT2D eigenvalue weighted by molar-refractivity contribution is 7.16. The summed E-state index contributed by atoms with van der Waals surface area (Å²) in [6.45, 7) is 6.58. The smallest absolute Gasteiger partial charge is 0.258 e. The van der Waals surface area contributed by atoms with E-state index in [9.17, 15) is 4.79 Å². The number of rotatable bonds is 4. The van der Waals surface area contributed by atoms with Gasteiger partial charge in [-0.05, 0) is 30.5 Å². The van der Waals surface area contributed by atoms with Gasteiger partial charge in [-0.3, -0.25) is 9.20 Å². The molecule has 3 rings (SSSR count). The molecular weight excluding hydrogens is 296 g/mol. The lowest BCUT2D eigenvalue weighted by Crippen LogP contribution is -2.14. The van der Waals surface area contributed by atoms with Gasteiger partial charge in [-0.25, -0.2) is 4.98 Å². The van der Waals surface area contributed by atoms with Crippen LogP contribution >= 0.6 is 11.3 Å². The zero-order valence-corrected chi connectivity index (χ0v) is 13.7. The van der Waals surface area contributed by atoms with Crippen molar-refractivity contribution in [3.63, 3.8) is 0 Å². The second-order valence-electron chi connectivity index (χ2n) is 5.59. The molecule has 0 aliphatic carbocycles. The van der Waals surface area contributed by atoms with Crippen molar-refractivity contribution in [1.82, 2.24) is 9.38 Å². The van der Waals surface area contributed by atoms with Crippen molar-refractivity contribution in [1.29, 1.82) is 0 Å². The summed E-state index contributed by atoms with van der Waals surface area (Å²) in [4.78, 5) is 18.3. The van der Waals surface area contributed by atoms with Crippen LogP contribution in [0.1, 0.15) is 35.9 Å². The van der Waals surface area contributed by atoms with Gasteiger partial charge in [0.1, 0.15) is 12.4 Å². The normalized spacial score (nSPS) is 11.3. The summed E-state index contributed by atoms with van der Waals surface area (Å²) in [6, 6.07) is 9.57. The van der Waals surface area contributed by atoms with Crippen LogP contribution in [-0.4, -0.2) is 9.38 Å². The monoisotopic (exact) mass is 314 g/mol. The number of ether oxygens (including phenoxy) is 1. The molecule has 2 heterocycles. The fourth-order valence-corrected chi connectivity index (χ4v) is 3.09. The minimum atomic E-state index is -0.0666. The van der Waals surface area contributed by atoms with Gasteiger partial charge in [0.2, 0.25) is 0 Å². The fourth-order valence-electron chi connectivity index (χ4n) is 2.24. The van der Waals surface area contributed by atoms with Crippen LogP contribution in [-0.2, 0) is 6.61 Å². The molecule has 0 amide bonds. The van der Waals surface area contributed by atoms with Gasteiger partial charge in [-0.2, -0.15) is 0 Å². The van der Waals surface area contributed by atoms with Crippen LogP contribution in [0.4, 0.5) is 0 Å². The molecule has 22 heavy (non-hydrogen) atoms. The largest absolute Gasteiger partial charge is 0.487 e. The van der Waals surface area contributed by atoms with Gasteiger partial charge < -0.3 is 4.74 Å². The van der Waals surface area contributed by atoms with Gasteiger partial charge in [0.25, 0.3) is 5.56 Å². The molecule has 0 aliphatic rings. The van der Waals surface area contributed by atoms with E-state index in [-0.39, 0.29) is 5.56 Å². The third-order valence-corrected chi connectivity index (χ3v) is 4.37. The van der Waals surface area contributed by atoms with Crippen LogP contribution in [0.2, 0.25) is 0 Å². The Balaban J connectivity index is 1.77. The first-order chi connectivity index (χ1) is 10.5. The van der Waals surface area contributed by atoms with Crippen molar-refractivity contribution in [2.24, 2.45) is 0 Å². The first-order valence-corrected chi connectivity index (χ1v) is 8.06. The van der Waals surface area contributed by atoms with Gasteiger partial charge in [-0.1, -0.05) is 26.0 Å². The maximum Gasteiger partial charge on any atom is 0.258 e. The third-order valence-electron chi connectivity index (χ3n) is 3.47. The molecule has 0 spiro atoms. The Kier molecular flexibility index (Phi) is 3.98. The van der Waals surface area contributed by atoms with Crippen molar-refractivity contribution in [2.75, 3.05) is 0 Å². The summed E-state index contributed by atoms with van der Waals surface area (Å²) < 4.78 is 7.30. The number of hydrogen-bond donors (Lipinski definition) is 0. The Bertz CT molecular complexity index is 847. The average Bonchev–Trinajstić information content (AvgIpc) is 2.86. The van der Waals surface area contributed by atoms with Gasteiger partial charge in [0.15, 0.2) is 4.96 Å². The van der Waals surface area contributed by atoms with Crippen molar-refractivity contribution < 1.29 is 4.74 Å². The lowest BCUT2D eigenvalue weighted by Gasteiger charge is -2.08.